The van der Waals surface area contributed by atoms with Gasteiger partial charge in [-0.3, -0.25) is 9.59 Å². The summed E-state index contributed by atoms with van der Waals surface area (Å²) in [5, 5.41) is 2.89. The summed E-state index contributed by atoms with van der Waals surface area (Å²) in [6.45, 7) is 5.02. The second-order valence-electron chi connectivity index (χ2n) is 7.83. The zero-order chi connectivity index (χ0) is 19.6. The number of amides is 2. The molecule has 2 saturated heterocycles. The van der Waals surface area contributed by atoms with Gasteiger partial charge in [-0.05, 0) is 50.8 Å². The molecule has 1 aromatic carbocycles. The Hall–Kier alpha value is -1.99. The van der Waals surface area contributed by atoms with Gasteiger partial charge in [0, 0.05) is 31.8 Å². The molecule has 0 spiro atoms. The maximum Gasteiger partial charge on any atom is 0.243 e. The third kappa shape index (κ3) is 3.99. The highest BCUT2D eigenvalue weighted by atomic mass is 19.1. The number of nitrogens with one attached hydrogen (secondary N) is 1. The van der Waals surface area contributed by atoms with E-state index in [1.54, 1.807) is 17.0 Å². The highest BCUT2D eigenvalue weighted by Crippen LogP contribution is 2.38. The summed E-state index contributed by atoms with van der Waals surface area (Å²) < 4.78 is 18.9. The lowest BCUT2D eigenvalue weighted by molar-refractivity contribution is -0.146. The largest absolute Gasteiger partial charge is 0.381 e. The van der Waals surface area contributed by atoms with E-state index in [1.807, 2.05) is 13.8 Å². The number of nitrogens with zero attached hydrogens (tertiary/aromatic N) is 1. The molecule has 0 unspecified atom stereocenters. The van der Waals surface area contributed by atoms with Gasteiger partial charge in [-0.25, -0.2) is 4.39 Å². The molecule has 3 rings (SSSR count). The van der Waals surface area contributed by atoms with E-state index in [4.69, 9.17) is 10.5 Å². The van der Waals surface area contributed by atoms with Crippen LogP contribution in [0.2, 0.25) is 0 Å². The highest BCUT2D eigenvalue weighted by molar-refractivity contribution is 5.94. The van der Waals surface area contributed by atoms with Crippen LogP contribution < -0.4 is 11.1 Å². The summed E-state index contributed by atoms with van der Waals surface area (Å²) >= 11 is 0. The Morgan fingerprint density at radius 2 is 1.89 bits per heavy atom. The van der Waals surface area contributed by atoms with Gasteiger partial charge in [-0.15, -0.1) is 0 Å². The monoisotopic (exact) mass is 377 g/mol. The fourth-order valence-electron chi connectivity index (χ4n) is 4.11. The van der Waals surface area contributed by atoms with Crippen LogP contribution in [0, 0.1) is 5.82 Å². The predicted molar refractivity (Wildman–Crippen MR) is 99.5 cm³/mol. The molecule has 0 bridgehead atoms. The molecular formula is C20H28FN3O3. The first kappa shape index (κ1) is 19.8. The summed E-state index contributed by atoms with van der Waals surface area (Å²) in [5.41, 5.74) is 6.06. The van der Waals surface area contributed by atoms with Crippen molar-refractivity contribution in [3.05, 3.63) is 35.6 Å². The number of nitrogens with two attached hydrogens (primary N) is 1. The summed E-state index contributed by atoms with van der Waals surface area (Å²) in [5.74, 6) is -0.632. The third-order valence-corrected chi connectivity index (χ3v) is 5.48. The summed E-state index contributed by atoms with van der Waals surface area (Å²) in [6.07, 6.45) is 1.45. The number of benzene rings is 1. The average molecular weight is 377 g/mol. The number of carbonyl (C=O) groups is 2. The van der Waals surface area contributed by atoms with E-state index < -0.39 is 11.5 Å². The van der Waals surface area contributed by atoms with E-state index in [2.05, 4.69) is 5.32 Å². The van der Waals surface area contributed by atoms with Crippen molar-refractivity contribution in [2.45, 2.75) is 56.7 Å². The quantitative estimate of drug-likeness (QED) is 0.829. The molecule has 0 radical (unpaired) electrons. The molecule has 148 valence electrons. The number of carbonyl (C=O) groups excluding carboxylic acids is 2. The van der Waals surface area contributed by atoms with Gasteiger partial charge in [0.25, 0.3) is 0 Å². The number of rotatable bonds is 4. The van der Waals surface area contributed by atoms with Crippen LogP contribution in [0.3, 0.4) is 0 Å². The molecule has 0 aromatic heterocycles. The Morgan fingerprint density at radius 3 is 2.48 bits per heavy atom. The highest BCUT2D eigenvalue weighted by Gasteiger charge is 2.49. The van der Waals surface area contributed by atoms with E-state index in [9.17, 15) is 14.0 Å². The predicted octanol–water partition coefficient (Wildman–Crippen LogP) is 1.33. The summed E-state index contributed by atoms with van der Waals surface area (Å²) in [7, 11) is 0. The Morgan fingerprint density at radius 1 is 1.26 bits per heavy atom. The van der Waals surface area contributed by atoms with Crippen molar-refractivity contribution in [3.63, 3.8) is 0 Å². The zero-order valence-electron chi connectivity index (χ0n) is 15.9. The van der Waals surface area contributed by atoms with Crippen molar-refractivity contribution in [3.8, 4) is 0 Å². The van der Waals surface area contributed by atoms with Gasteiger partial charge < -0.3 is 20.7 Å². The smallest absolute Gasteiger partial charge is 0.243 e. The molecule has 27 heavy (non-hydrogen) atoms. The second-order valence-corrected chi connectivity index (χ2v) is 7.83. The molecule has 0 aliphatic carbocycles. The fraction of sp³-hybridized carbons (Fsp3) is 0.600. The molecule has 2 amide bonds. The molecule has 2 aliphatic heterocycles. The van der Waals surface area contributed by atoms with Gasteiger partial charge >= 0.3 is 0 Å². The van der Waals surface area contributed by atoms with Crippen molar-refractivity contribution in [1.82, 2.24) is 10.2 Å². The van der Waals surface area contributed by atoms with Crippen molar-refractivity contribution >= 4 is 11.8 Å². The molecule has 2 atom stereocenters. The first-order valence-corrected chi connectivity index (χ1v) is 9.54. The van der Waals surface area contributed by atoms with Crippen molar-refractivity contribution in [1.29, 1.82) is 0 Å². The number of ether oxygens (including phenoxy) is 1. The van der Waals surface area contributed by atoms with E-state index in [1.165, 1.54) is 12.1 Å². The Kier molecular flexibility index (Phi) is 5.81. The number of likely N-dealkylation sites (tertiary alicyclic amines) is 1. The van der Waals surface area contributed by atoms with Crippen LogP contribution in [0.4, 0.5) is 4.39 Å². The fourth-order valence-corrected chi connectivity index (χ4v) is 4.11. The molecule has 0 saturated carbocycles. The number of hydrogen-bond acceptors (Lipinski definition) is 4. The van der Waals surface area contributed by atoms with Gasteiger partial charge in [-0.1, -0.05) is 12.1 Å². The summed E-state index contributed by atoms with van der Waals surface area (Å²) in [4.78, 5) is 28.0. The van der Waals surface area contributed by atoms with Gasteiger partial charge in [0.1, 0.15) is 11.9 Å². The van der Waals surface area contributed by atoms with Crippen molar-refractivity contribution < 1.29 is 18.7 Å². The molecular weight excluding hydrogens is 349 g/mol. The van der Waals surface area contributed by atoms with E-state index in [0.29, 0.717) is 39.0 Å². The van der Waals surface area contributed by atoms with Gasteiger partial charge in [0.05, 0.1) is 5.41 Å². The van der Waals surface area contributed by atoms with Crippen LogP contribution in [0.25, 0.3) is 0 Å². The zero-order valence-corrected chi connectivity index (χ0v) is 15.9. The van der Waals surface area contributed by atoms with E-state index >= 15 is 0 Å². The van der Waals surface area contributed by atoms with Crippen molar-refractivity contribution in [2.75, 3.05) is 19.8 Å². The van der Waals surface area contributed by atoms with Gasteiger partial charge in [0.15, 0.2) is 0 Å². The number of halogens is 1. The minimum atomic E-state index is -0.813. The first-order valence-electron chi connectivity index (χ1n) is 9.54. The molecule has 2 heterocycles. The molecule has 1 aromatic rings. The average Bonchev–Trinajstić information content (AvgIpc) is 3.03. The summed E-state index contributed by atoms with van der Waals surface area (Å²) in [6, 6.07) is 5.25. The van der Waals surface area contributed by atoms with Gasteiger partial charge in [-0.2, -0.15) is 0 Å². The third-order valence-electron chi connectivity index (χ3n) is 5.48. The van der Waals surface area contributed by atoms with Crippen LogP contribution in [0.5, 0.6) is 0 Å². The molecule has 2 fully saturated rings. The lowest BCUT2D eigenvalue weighted by Crippen LogP contribution is -2.55. The van der Waals surface area contributed by atoms with Crippen LogP contribution in [0.15, 0.2) is 24.3 Å². The topological polar surface area (TPSA) is 84.7 Å². The maximum absolute atomic E-state index is 13.7. The Bertz CT molecular complexity index is 686. The second kappa shape index (κ2) is 7.94. The van der Waals surface area contributed by atoms with Crippen LogP contribution >= 0.6 is 0 Å². The van der Waals surface area contributed by atoms with Gasteiger partial charge in [0.2, 0.25) is 11.8 Å². The minimum Gasteiger partial charge on any atom is -0.381 e. The molecule has 7 heteroatoms. The van der Waals surface area contributed by atoms with Crippen molar-refractivity contribution in [2.24, 2.45) is 5.73 Å². The molecule has 3 N–H and O–H groups in total. The van der Waals surface area contributed by atoms with E-state index in [0.717, 1.165) is 5.56 Å². The SMILES string of the molecule is CC(C)NC(=O)[C@@H]1C[C@H](N)CN1C(=O)C1(c2ccc(F)cc2)CCOCC1. The molecule has 6 nitrogen and oxygen atoms in total. The molecule has 2 aliphatic rings. The first-order chi connectivity index (χ1) is 12.8. The van der Waals surface area contributed by atoms with Crippen LogP contribution in [0.1, 0.15) is 38.7 Å². The Labute approximate surface area is 159 Å². The van der Waals surface area contributed by atoms with Crippen LogP contribution in [-0.4, -0.2) is 54.6 Å². The Balaban J connectivity index is 1.93. The lowest BCUT2D eigenvalue weighted by Gasteiger charge is -2.40. The van der Waals surface area contributed by atoms with Crippen LogP contribution in [-0.2, 0) is 19.7 Å². The van der Waals surface area contributed by atoms with E-state index in [-0.39, 0.29) is 29.7 Å². The standard InChI is InChI=1S/C20H28FN3O3/c1-13(2)23-18(25)17-11-16(22)12-24(17)19(26)20(7-9-27-10-8-20)14-3-5-15(21)6-4-14/h3-6,13,16-17H,7-12,22H2,1-2H3,(H,23,25)/t16-,17-/m0/s1. The number of hydrogen-bond donors (Lipinski definition) is 2. The normalized spacial score (nSPS) is 24.9. The minimum absolute atomic E-state index is 0.0135. The maximum atomic E-state index is 13.7. The lowest BCUT2D eigenvalue weighted by atomic mass is 9.73.